The maximum absolute atomic E-state index is 13.5. The molecule has 0 aliphatic carbocycles. The zero-order valence-corrected chi connectivity index (χ0v) is 20.1. The summed E-state index contributed by atoms with van der Waals surface area (Å²) in [5, 5.41) is 2.75. The van der Waals surface area contributed by atoms with E-state index in [1.807, 2.05) is 6.92 Å². The van der Waals surface area contributed by atoms with Crippen LogP contribution in [0.1, 0.15) is 11.1 Å². The van der Waals surface area contributed by atoms with Crippen LogP contribution in [0, 0.1) is 19.7 Å². The van der Waals surface area contributed by atoms with E-state index < -0.39 is 31.9 Å². The van der Waals surface area contributed by atoms with Crippen molar-refractivity contribution in [3.63, 3.8) is 0 Å². The Morgan fingerprint density at radius 1 is 1.00 bits per heavy atom. The average molecular weight is 495 g/mol. The van der Waals surface area contributed by atoms with E-state index in [0.717, 1.165) is 11.1 Å². The quantitative estimate of drug-likeness (QED) is 0.433. The van der Waals surface area contributed by atoms with Gasteiger partial charge in [0.15, 0.2) is 0 Å². The number of aryl methyl sites for hydroxylation is 2. The number of nitrogens with one attached hydrogen (secondary N) is 1. The molecule has 1 heterocycles. The molecule has 0 aliphatic rings. The van der Waals surface area contributed by atoms with Gasteiger partial charge in [-0.05, 0) is 79.6 Å². The fraction of sp³-hybridized carbons (Fsp3) is 0.154. The molecule has 0 aliphatic heterocycles. The highest BCUT2D eigenvalue weighted by atomic mass is 32.2. The zero-order valence-electron chi connectivity index (χ0n) is 19.3. The summed E-state index contributed by atoms with van der Waals surface area (Å²) in [4.78, 5) is 25.6. The number of sulfone groups is 1. The molecule has 9 heteroatoms. The van der Waals surface area contributed by atoms with Crippen molar-refractivity contribution >= 4 is 32.3 Å². The summed E-state index contributed by atoms with van der Waals surface area (Å²) in [7, 11) is -2.75. The third kappa shape index (κ3) is 4.81. The molecule has 0 saturated heterocycles. The molecule has 35 heavy (non-hydrogen) atoms. The van der Waals surface area contributed by atoms with Crippen LogP contribution in [-0.4, -0.2) is 26.0 Å². The van der Waals surface area contributed by atoms with Gasteiger partial charge in [0.25, 0.3) is 0 Å². The molecule has 180 valence electrons. The minimum absolute atomic E-state index is 0.0118. The average Bonchev–Trinajstić information content (AvgIpc) is 2.83. The number of carbonyl (C=O) groups excluding carboxylic acids is 1. The van der Waals surface area contributed by atoms with Crippen LogP contribution in [0.5, 0.6) is 5.75 Å². The standard InChI is InChI=1S/C26H23FN2O5S/c1-16-4-10-21(12-17(16)2)35(32,33)24-14-29(15-25(30)28-19-7-5-18(27)6-8-19)23-11-9-20(34-3)13-22(23)26(24)31/h4-14H,15H2,1-3H3,(H,28,30). The molecule has 0 unspecified atom stereocenters. The van der Waals surface area contributed by atoms with E-state index in [-0.39, 0.29) is 16.8 Å². The lowest BCUT2D eigenvalue weighted by molar-refractivity contribution is -0.116. The second-order valence-electron chi connectivity index (χ2n) is 8.14. The first-order chi connectivity index (χ1) is 16.6. The largest absolute Gasteiger partial charge is 0.497 e. The smallest absolute Gasteiger partial charge is 0.244 e. The number of hydrogen-bond donors (Lipinski definition) is 1. The van der Waals surface area contributed by atoms with Crippen LogP contribution in [0.25, 0.3) is 10.9 Å². The van der Waals surface area contributed by atoms with Crippen molar-refractivity contribution in [3.05, 3.63) is 94.0 Å². The van der Waals surface area contributed by atoms with Gasteiger partial charge in [0, 0.05) is 11.9 Å². The Bertz CT molecular complexity index is 1610. The van der Waals surface area contributed by atoms with E-state index in [0.29, 0.717) is 17.0 Å². The molecule has 0 bridgehead atoms. The molecule has 4 rings (SSSR count). The van der Waals surface area contributed by atoms with Crippen LogP contribution in [0.3, 0.4) is 0 Å². The molecule has 0 fully saturated rings. The van der Waals surface area contributed by atoms with Crippen molar-refractivity contribution in [2.45, 2.75) is 30.2 Å². The van der Waals surface area contributed by atoms with Crippen LogP contribution in [0.4, 0.5) is 10.1 Å². The number of methoxy groups -OCH3 is 1. The molecule has 1 N–H and O–H groups in total. The number of anilines is 1. The molecule has 0 atom stereocenters. The molecule has 0 spiro atoms. The van der Waals surface area contributed by atoms with Crippen LogP contribution < -0.4 is 15.5 Å². The molecule has 0 saturated carbocycles. The van der Waals surface area contributed by atoms with Crippen molar-refractivity contribution in [1.82, 2.24) is 4.57 Å². The summed E-state index contributed by atoms with van der Waals surface area (Å²) >= 11 is 0. The highest BCUT2D eigenvalue weighted by Crippen LogP contribution is 2.25. The number of nitrogens with zero attached hydrogens (tertiary/aromatic N) is 1. The van der Waals surface area contributed by atoms with E-state index in [1.54, 1.807) is 25.1 Å². The lowest BCUT2D eigenvalue weighted by Crippen LogP contribution is -2.24. The zero-order chi connectivity index (χ0) is 25.3. The molecule has 7 nitrogen and oxygen atoms in total. The van der Waals surface area contributed by atoms with Crippen molar-refractivity contribution in [3.8, 4) is 5.75 Å². The SMILES string of the molecule is COc1ccc2c(c1)c(=O)c(S(=O)(=O)c1ccc(C)c(C)c1)cn2CC(=O)Nc1ccc(F)cc1. The molecule has 0 radical (unpaired) electrons. The normalized spacial score (nSPS) is 11.4. The molecule has 1 aromatic heterocycles. The van der Waals surface area contributed by atoms with Crippen LogP contribution in [-0.2, 0) is 21.2 Å². The Morgan fingerprint density at radius 2 is 1.71 bits per heavy atom. The number of aromatic nitrogens is 1. The Morgan fingerprint density at radius 3 is 2.37 bits per heavy atom. The fourth-order valence-electron chi connectivity index (χ4n) is 3.70. The highest BCUT2D eigenvalue weighted by Gasteiger charge is 2.25. The molecular formula is C26H23FN2O5S. The van der Waals surface area contributed by atoms with Gasteiger partial charge in [0.1, 0.15) is 23.0 Å². The highest BCUT2D eigenvalue weighted by molar-refractivity contribution is 7.91. The van der Waals surface area contributed by atoms with Crippen LogP contribution >= 0.6 is 0 Å². The van der Waals surface area contributed by atoms with Gasteiger partial charge >= 0.3 is 0 Å². The van der Waals surface area contributed by atoms with Gasteiger partial charge < -0.3 is 14.6 Å². The number of rotatable bonds is 6. The first-order valence-electron chi connectivity index (χ1n) is 10.7. The Hall–Kier alpha value is -3.98. The minimum atomic E-state index is -4.19. The number of amides is 1. The fourth-order valence-corrected chi connectivity index (χ4v) is 5.15. The number of fused-ring (bicyclic) bond motifs is 1. The predicted octanol–water partition coefficient (Wildman–Crippen LogP) is 4.24. The lowest BCUT2D eigenvalue weighted by atomic mass is 10.1. The minimum Gasteiger partial charge on any atom is -0.497 e. The molecule has 4 aromatic rings. The summed E-state index contributed by atoms with van der Waals surface area (Å²) in [6, 6.07) is 14.6. The topological polar surface area (TPSA) is 94.5 Å². The maximum Gasteiger partial charge on any atom is 0.244 e. The third-order valence-corrected chi connectivity index (χ3v) is 7.52. The van der Waals surface area contributed by atoms with E-state index in [4.69, 9.17) is 4.74 Å². The van der Waals surface area contributed by atoms with Gasteiger partial charge in [-0.15, -0.1) is 0 Å². The Labute approximate surface area is 201 Å². The maximum atomic E-state index is 13.5. The monoisotopic (exact) mass is 494 g/mol. The van der Waals surface area contributed by atoms with Gasteiger partial charge in [-0.2, -0.15) is 0 Å². The number of hydrogen-bond acceptors (Lipinski definition) is 5. The predicted molar refractivity (Wildman–Crippen MR) is 131 cm³/mol. The summed E-state index contributed by atoms with van der Waals surface area (Å²) in [5.74, 6) is -0.547. The van der Waals surface area contributed by atoms with E-state index in [2.05, 4.69) is 5.32 Å². The summed E-state index contributed by atoms with van der Waals surface area (Å²) in [6.45, 7) is 3.37. The number of benzene rings is 3. The number of pyridine rings is 1. The van der Waals surface area contributed by atoms with Gasteiger partial charge in [0.2, 0.25) is 21.2 Å². The second kappa shape index (κ2) is 9.34. The summed E-state index contributed by atoms with van der Waals surface area (Å²) in [5.41, 5.74) is 1.75. The second-order valence-corrected chi connectivity index (χ2v) is 10.1. The third-order valence-electron chi connectivity index (χ3n) is 5.77. The number of ether oxygens (including phenoxy) is 1. The first-order valence-corrected chi connectivity index (χ1v) is 12.2. The number of carbonyl (C=O) groups is 1. The Kier molecular flexibility index (Phi) is 6.45. The first kappa shape index (κ1) is 24.2. The van der Waals surface area contributed by atoms with E-state index in [9.17, 15) is 22.4 Å². The molecule has 1 amide bonds. The molecular weight excluding hydrogens is 471 g/mol. The lowest BCUT2D eigenvalue weighted by Gasteiger charge is -2.15. The van der Waals surface area contributed by atoms with Crippen molar-refractivity contribution < 1.29 is 22.3 Å². The van der Waals surface area contributed by atoms with Gasteiger partial charge in [0.05, 0.1) is 22.9 Å². The van der Waals surface area contributed by atoms with Crippen LogP contribution in [0.2, 0.25) is 0 Å². The van der Waals surface area contributed by atoms with Crippen molar-refractivity contribution in [1.29, 1.82) is 0 Å². The Balaban J connectivity index is 1.84. The number of halogens is 1. The summed E-state index contributed by atoms with van der Waals surface area (Å²) < 4.78 is 46.8. The van der Waals surface area contributed by atoms with Gasteiger partial charge in [-0.1, -0.05) is 6.07 Å². The van der Waals surface area contributed by atoms with Crippen molar-refractivity contribution in [2.75, 3.05) is 12.4 Å². The van der Waals surface area contributed by atoms with E-state index >= 15 is 0 Å². The molecule has 3 aromatic carbocycles. The van der Waals surface area contributed by atoms with Gasteiger partial charge in [-0.3, -0.25) is 9.59 Å². The van der Waals surface area contributed by atoms with Gasteiger partial charge in [-0.25, -0.2) is 12.8 Å². The van der Waals surface area contributed by atoms with Crippen LogP contribution in [0.15, 0.2) is 81.4 Å². The van der Waals surface area contributed by atoms with Crippen molar-refractivity contribution in [2.24, 2.45) is 0 Å². The van der Waals surface area contributed by atoms with E-state index in [1.165, 1.54) is 60.3 Å². The summed E-state index contributed by atoms with van der Waals surface area (Å²) in [6.07, 6.45) is 1.19.